The third-order valence-electron chi connectivity index (χ3n) is 2.30. The molecule has 0 aliphatic rings. The van der Waals surface area contributed by atoms with Crippen molar-refractivity contribution in [1.29, 1.82) is 0 Å². The largest absolute Gasteiger partial charge is 0.788 e. The molecule has 0 fully saturated rings. The van der Waals surface area contributed by atoms with Gasteiger partial charge in [-0.3, -0.25) is 0 Å². The number of unbranched alkanes of at least 4 members (excludes halogenated alkanes) is 1. The molecule has 0 heterocycles. The maximum absolute atomic E-state index is 10.8. The van der Waals surface area contributed by atoms with Crippen LogP contribution in [0.3, 0.4) is 0 Å². The molecule has 2 unspecified atom stereocenters. The fourth-order valence-corrected chi connectivity index (χ4v) is 1.85. The van der Waals surface area contributed by atoms with E-state index in [9.17, 15) is 10.00 Å². The van der Waals surface area contributed by atoms with E-state index in [-0.39, 0.29) is 6.61 Å². The average Bonchev–Trinajstić information content (AvgIpc) is 2.22. The number of quaternary nitrogens is 1. The summed E-state index contributed by atoms with van der Waals surface area (Å²) in [5.74, 6) is 0. The summed E-state index contributed by atoms with van der Waals surface area (Å²) in [7, 11) is 4.90. The van der Waals surface area contributed by atoms with E-state index in [1.54, 1.807) is 0 Å². The van der Waals surface area contributed by atoms with E-state index in [0.717, 1.165) is 23.9 Å². The zero-order chi connectivity index (χ0) is 12.6. The molecule has 0 spiro atoms. The summed E-state index contributed by atoms with van der Waals surface area (Å²) in [6.45, 7) is 3.72. The second-order valence-electron chi connectivity index (χ2n) is 4.50. The molecule has 0 aromatic heterocycles. The van der Waals surface area contributed by atoms with Crippen LogP contribution in [0.5, 0.6) is 0 Å². The zero-order valence-corrected chi connectivity index (χ0v) is 11.3. The second-order valence-corrected chi connectivity index (χ2v) is 5.46. The molecule has 0 aromatic rings. The normalized spacial score (nSPS) is 16.1. The van der Waals surface area contributed by atoms with Gasteiger partial charge in [-0.05, 0) is 6.42 Å². The minimum absolute atomic E-state index is 0.0124. The van der Waals surface area contributed by atoms with Crippen LogP contribution in [-0.4, -0.2) is 49.5 Å². The van der Waals surface area contributed by atoms with Gasteiger partial charge < -0.3 is 23.5 Å². The Bertz CT molecular complexity index is 180. The molecule has 0 rings (SSSR count). The van der Waals surface area contributed by atoms with Gasteiger partial charge in [0.05, 0.1) is 27.2 Å². The van der Waals surface area contributed by atoms with Crippen molar-refractivity contribution in [1.82, 2.24) is 0 Å². The van der Waals surface area contributed by atoms with E-state index in [2.05, 4.69) is 32.7 Å². The highest BCUT2D eigenvalue weighted by Gasteiger charge is 2.20. The summed E-state index contributed by atoms with van der Waals surface area (Å²) < 4.78 is 9.71. The number of aliphatic hydroxyl groups excluding tert-OH is 1. The third-order valence-corrected chi connectivity index (χ3v) is 2.87. The summed E-state index contributed by atoms with van der Waals surface area (Å²) in [6, 6.07) is 0. The molecule has 0 saturated heterocycles. The Hall–Kier alpha value is 0.230. The van der Waals surface area contributed by atoms with Crippen molar-refractivity contribution in [3.05, 3.63) is 7.11 Å². The van der Waals surface area contributed by atoms with E-state index in [4.69, 9.17) is 4.52 Å². The van der Waals surface area contributed by atoms with Crippen molar-refractivity contribution >= 4 is 8.60 Å². The smallest absolute Gasteiger partial charge is 0.126 e. The molecule has 0 aromatic carbocycles. The molecule has 0 saturated carbocycles. The minimum Gasteiger partial charge on any atom is -0.788 e. The maximum atomic E-state index is 10.8. The molecule has 5 nitrogen and oxygen atoms in total. The second kappa shape index (κ2) is 8.34. The van der Waals surface area contributed by atoms with Crippen LogP contribution in [0.2, 0.25) is 0 Å². The Morgan fingerprint density at radius 2 is 2.12 bits per heavy atom. The van der Waals surface area contributed by atoms with Gasteiger partial charge in [0, 0.05) is 8.60 Å². The van der Waals surface area contributed by atoms with Crippen molar-refractivity contribution in [2.24, 2.45) is 0 Å². The highest BCUT2D eigenvalue weighted by atomic mass is 31.2. The van der Waals surface area contributed by atoms with E-state index >= 15 is 0 Å². The SMILES string of the molecule is [CH2-]OP([O-])OCC(O)C[N+](C)(C)CCCC. The van der Waals surface area contributed by atoms with Crippen LogP contribution in [-0.2, 0) is 9.05 Å². The van der Waals surface area contributed by atoms with Gasteiger partial charge in [-0.2, -0.15) is 0 Å². The average molecular weight is 252 g/mol. The quantitative estimate of drug-likeness (QED) is 0.371. The monoisotopic (exact) mass is 252 g/mol. The molecule has 98 valence electrons. The number of nitrogens with zero attached hydrogens (tertiary/aromatic N) is 1. The van der Waals surface area contributed by atoms with Gasteiger partial charge in [0.25, 0.3) is 0 Å². The zero-order valence-electron chi connectivity index (χ0n) is 10.4. The van der Waals surface area contributed by atoms with Crippen molar-refractivity contribution in [3.63, 3.8) is 0 Å². The van der Waals surface area contributed by atoms with Crippen LogP contribution < -0.4 is 4.89 Å². The van der Waals surface area contributed by atoms with Gasteiger partial charge in [-0.25, -0.2) is 7.11 Å². The van der Waals surface area contributed by atoms with Gasteiger partial charge in [0.1, 0.15) is 12.6 Å². The Labute approximate surface area is 99.6 Å². The summed E-state index contributed by atoms with van der Waals surface area (Å²) in [6.07, 6.45) is 1.62. The van der Waals surface area contributed by atoms with Crippen molar-refractivity contribution < 1.29 is 23.5 Å². The van der Waals surface area contributed by atoms with Crippen molar-refractivity contribution in [2.45, 2.75) is 25.9 Å². The predicted molar refractivity (Wildman–Crippen MR) is 62.1 cm³/mol. The lowest BCUT2D eigenvalue weighted by atomic mass is 10.2. The molecule has 2 atom stereocenters. The van der Waals surface area contributed by atoms with Gasteiger partial charge >= 0.3 is 0 Å². The first-order chi connectivity index (χ1) is 7.41. The van der Waals surface area contributed by atoms with Crippen LogP contribution in [0, 0.1) is 7.11 Å². The number of aliphatic hydroxyl groups is 1. The fourth-order valence-electron chi connectivity index (χ4n) is 1.48. The van der Waals surface area contributed by atoms with Crippen molar-refractivity contribution in [2.75, 3.05) is 33.8 Å². The number of likely N-dealkylation sites (N-methyl/N-ethyl adjacent to an activating group) is 1. The molecule has 0 aliphatic heterocycles. The van der Waals surface area contributed by atoms with Crippen LogP contribution in [0.25, 0.3) is 0 Å². The van der Waals surface area contributed by atoms with Crippen molar-refractivity contribution in [3.8, 4) is 0 Å². The molecule has 16 heavy (non-hydrogen) atoms. The first-order valence-electron chi connectivity index (χ1n) is 5.43. The molecule has 0 amide bonds. The van der Waals surface area contributed by atoms with E-state index in [1.807, 2.05) is 0 Å². The molecule has 0 radical (unpaired) electrons. The Morgan fingerprint density at radius 1 is 1.50 bits per heavy atom. The topological polar surface area (TPSA) is 61.8 Å². The maximum Gasteiger partial charge on any atom is 0.126 e. The Kier molecular flexibility index (Phi) is 8.46. The minimum atomic E-state index is -2.19. The van der Waals surface area contributed by atoms with Crippen LogP contribution in [0.15, 0.2) is 0 Å². The van der Waals surface area contributed by atoms with Gasteiger partial charge in [0.2, 0.25) is 0 Å². The van der Waals surface area contributed by atoms with Crippen LogP contribution in [0.1, 0.15) is 19.8 Å². The number of hydrogen-bond donors (Lipinski definition) is 1. The van der Waals surface area contributed by atoms with E-state index < -0.39 is 14.7 Å². The van der Waals surface area contributed by atoms with Gasteiger partial charge in [-0.15, -0.1) is 0 Å². The lowest BCUT2D eigenvalue weighted by molar-refractivity contribution is -0.893. The summed E-state index contributed by atoms with van der Waals surface area (Å²) in [5.41, 5.74) is 0. The van der Waals surface area contributed by atoms with Crippen LogP contribution >= 0.6 is 8.60 Å². The highest BCUT2D eigenvalue weighted by Crippen LogP contribution is 2.26. The lowest BCUT2D eigenvalue weighted by Crippen LogP contribution is -2.47. The molecule has 0 bridgehead atoms. The van der Waals surface area contributed by atoms with Gasteiger partial charge in [-0.1, -0.05) is 13.3 Å². The van der Waals surface area contributed by atoms with Gasteiger partial charge in [0.15, 0.2) is 0 Å². The Morgan fingerprint density at radius 3 is 2.62 bits per heavy atom. The molecule has 1 N–H and O–H groups in total. The van der Waals surface area contributed by atoms with Crippen LogP contribution in [0.4, 0.5) is 0 Å². The molecular weight excluding hydrogens is 229 g/mol. The fraction of sp³-hybridized carbons (Fsp3) is 0.900. The summed E-state index contributed by atoms with van der Waals surface area (Å²) >= 11 is 0. The number of hydrogen-bond acceptors (Lipinski definition) is 4. The first kappa shape index (κ1) is 16.2. The standard InChI is InChI=1S/C10H23NO4P/c1-5-6-7-11(2,3)8-10(12)9-15-16(13)14-4/h10,12H,4-9H2,1-3H3/q-1. The molecule has 0 aliphatic carbocycles. The Balaban J connectivity index is 3.79. The van der Waals surface area contributed by atoms with E-state index in [1.165, 1.54) is 0 Å². The predicted octanol–water partition coefficient (Wildman–Crippen LogP) is 0.636. The molecular formula is C10H23NO4P-. The summed E-state index contributed by atoms with van der Waals surface area (Å²) in [5, 5.41) is 9.68. The highest BCUT2D eigenvalue weighted by molar-refractivity contribution is 7.39. The molecule has 6 heteroatoms. The first-order valence-corrected chi connectivity index (χ1v) is 6.53. The summed E-state index contributed by atoms with van der Waals surface area (Å²) in [4.78, 5) is 10.8. The number of rotatable bonds is 9. The third kappa shape index (κ3) is 8.39. The lowest BCUT2D eigenvalue weighted by Gasteiger charge is -2.33. The van der Waals surface area contributed by atoms with E-state index in [0.29, 0.717) is 6.54 Å².